The van der Waals surface area contributed by atoms with Crippen LogP contribution in [0.1, 0.15) is 27.7 Å². The van der Waals surface area contributed by atoms with Crippen LogP contribution in [0.4, 0.5) is 4.79 Å². The van der Waals surface area contributed by atoms with Gasteiger partial charge >= 0.3 is 76.6 Å². The fraction of sp³-hybridized carbons (Fsp3) is 0.889. The van der Waals surface area contributed by atoms with Crippen molar-refractivity contribution in [1.29, 1.82) is 0 Å². The van der Waals surface area contributed by atoms with Crippen LogP contribution in [-0.2, 0) is 15.3 Å². The summed E-state index contributed by atoms with van der Waals surface area (Å²) in [7, 11) is 0. The zero-order valence-corrected chi connectivity index (χ0v) is 10.4. The fourth-order valence-corrected chi connectivity index (χ4v) is 9.06. The molecule has 12 heavy (non-hydrogen) atoms. The van der Waals surface area contributed by atoms with Gasteiger partial charge in [0.05, 0.1) is 0 Å². The summed E-state index contributed by atoms with van der Waals surface area (Å²) < 4.78 is 4.21. The summed E-state index contributed by atoms with van der Waals surface area (Å²) in [4.78, 5) is 11.6. The Morgan fingerprint density at radius 1 is 1.00 bits per heavy atom. The molecule has 0 saturated heterocycles. The van der Waals surface area contributed by atoms with Gasteiger partial charge in [0, 0.05) is 0 Å². The van der Waals surface area contributed by atoms with Gasteiger partial charge in [0.25, 0.3) is 0 Å². The van der Waals surface area contributed by atoms with E-state index in [2.05, 4.69) is 27.7 Å². The van der Waals surface area contributed by atoms with Crippen molar-refractivity contribution < 1.29 is 20.1 Å². The van der Waals surface area contributed by atoms with Crippen LogP contribution in [0.5, 0.6) is 0 Å². The van der Waals surface area contributed by atoms with E-state index in [4.69, 9.17) is 5.73 Å². The Morgan fingerprint density at radius 2 is 1.25 bits per heavy atom. The van der Waals surface area contributed by atoms with Gasteiger partial charge in [0.15, 0.2) is 0 Å². The van der Waals surface area contributed by atoms with E-state index in [0.717, 1.165) is 18.9 Å². The molecule has 0 bridgehead atoms. The molecule has 0 aromatic carbocycles. The molecule has 0 atom stereocenters. The van der Waals surface area contributed by atoms with Crippen LogP contribution in [0.3, 0.4) is 0 Å². The second-order valence-electron chi connectivity index (χ2n) is 3.99. The summed E-state index contributed by atoms with van der Waals surface area (Å²) in [5, 5.41) is 0. The Labute approximate surface area is 76.8 Å². The molecular formula is C9H22NOTi. The molecule has 3 heteroatoms. The summed E-state index contributed by atoms with van der Waals surface area (Å²) in [5.41, 5.74) is 5.60. The maximum absolute atomic E-state index is 11.6. The van der Waals surface area contributed by atoms with Gasteiger partial charge in [-0.05, 0) is 0 Å². The van der Waals surface area contributed by atoms with Crippen LogP contribution in [0, 0.1) is 0 Å². The van der Waals surface area contributed by atoms with E-state index in [-0.39, 0.29) is 4.21 Å². The van der Waals surface area contributed by atoms with E-state index < -0.39 is 15.3 Å². The Hall–Kier alpha value is 0.184. The first kappa shape index (κ1) is 12.2. The molecule has 0 heterocycles. The van der Waals surface area contributed by atoms with E-state index >= 15 is 0 Å². The number of carbonyl (C=O) groups is 1. The third-order valence-electron chi connectivity index (χ3n) is 4.40. The molecule has 0 unspecified atom stereocenters. The van der Waals surface area contributed by atoms with Crippen LogP contribution < -0.4 is 5.73 Å². The molecule has 0 saturated carbocycles. The van der Waals surface area contributed by atoms with Crippen molar-refractivity contribution in [2.24, 2.45) is 5.73 Å². The maximum atomic E-state index is 11.6. The van der Waals surface area contributed by atoms with Crippen molar-refractivity contribution in [1.82, 2.24) is 0 Å². The molecule has 1 amide bonds. The summed E-state index contributed by atoms with van der Waals surface area (Å²) in [6, 6.07) is 0. The van der Waals surface area contributed by atoms with Gasteiger partial charge in [0.2, 0.25) is 0 Å². The Kier molecular flexibility index (Phi) is 3.99. The van der Waals surface area contributed by atoms with Crippen molar-refractivity contribution in [2.75, 3.05) is 0 Å². The summed E-state index contributed by atoms with van der Waals surface area (Å²) in [6.45, 7) is 8.55. The van der Waals surface area contributed by atoms with Gasteiger partial charge in [-0.15, -0.1) is 0 Å². The average molecular weight is 208 g/mol. The van der Waals surface area contributed by atoms with Crippen LogP contribution in [-0.4, -0.2) is 4.21 Å². The van der Waals surface area contributed by atoms with E-state index in [1.54, 1.807) is 0 Å². The predicted octanol–water partition coefficient (Wildman–Crippen LogP) is 3.51. The predicted molar refractivity (Wildman–Crippen MR) is 51.5 cm³/mol. The van der Waals surface area contributed by atoms with Crippen molar-refractivity contribution in [3.05, 3.63) is 0 Å². The summed E-state index contributed by atoms with van der Waals surface area (Å²) >= 11 is -2.86. The Morgan fingerprint density at radius 3 is 1.25 bits per heavy atom. The molecule has 0 radical (unpaired) electrons. The number of hydrogen-bond acceptors (Lipinski definition) is 1. The molecule has 0 aliphatic carbocycles. The van der Waals surface area contributed by atoms with Crippen molar-refractivity contribution >= 4 is 4.21 Å². The zero-order chi connectivity index (χ0) is 9.85. The van der Waals surface area contributed by atoms with Crippen LogP contribution in [0.15, 0.2) is 0 Å². The second kappa shape index (κ2) is 3.93. The quantitative estimate of drug-likeness (QED) is 0.690. The SMILES string of the molecule is C[CH2][Ti]([CH2]C)([CH2]C)([CH2]C)[C](N)=O. The molecule has 0 aliphatic rings. The van der Waals surface area contributed by atoms with Crippen LogP contribution in [0.2, 0.25) is 18.9 Å². The number of hydrogen-bond donors (Lipinski definition) is 1. The number of amides is 1. The number of nitrogens with two attached hydrogens (primary N) is 1. The molecular weight excluding hydrogens is 186 g/mol. The second-order valence-corrected chi connectivity index (χ2v) is 16.1. The van der Waals surface area contributed by atoms with E-state index in [0.29, 0.717) is 0 Å². The minimum atomic E-state index is -2.86. The first-order valence-electron chi connectivity index (χ1n) is 4.99. The van der Waals surface area contributed by atoms with E-state index in [1.807, 2.05) is 0 Å². The third kappa shape index (κ3) is 1.47. The van der Waals surface area contributed by atoms with Gasteiger partial charge in [-0.1, -0.05) is 0 Å². The van der Waals surface area contributed by atoms with Crippen LogP contribution in [0.25, 0.3) is 0 Å². The number of primary amides is 1. The fourth-order valence-electron chi connectivity index (χ4n) is 2.20. The van der Waals surface area contributed by atoms with Crippen molar-refractivity contribution in [3.8, 4) is 0 Å². The van der Waals surface area contributed by atoms with E-state index in [9.17, 15) is 4.79 Å². The molecule has 0 aromatic rings. The van der Waals surface area contributed by atoms with Gasteiger partial charge in [0.1, 0.15) is 0 Å². The first-order valence-corrected chi connectivity index (χ1v) is 10.2. The Bertz CT molecular complexity index is 152. The number of carbonyl (C=O) groups excluding carboxylic acids is 1. The van der Waals surface area contributed by atoms with Gasteiger partial charge in [-0.25, -0.2) is 0 Å². The topological polar surface area (TPSA) is 43.1 Å². The monoisotopic (exact) mass is 208 g/mol. The van der Waals surface area contributed by atoms with Gasteiger partial charge in [-0.3, -0.25) is 0 Å². The van der Waals surface area contributed by atoms with Crippen LogP contribution >= 0.6 is 0 Å². The summed E-state index contributed by atoms with van der Waals surface area (Å²) in [5.74, 6) is 0. The molecule has 0 fully saturated rings. The minimum absolute atomic E-state index is 0.0574. The van der Waals surface area contributed by atoms with E-state index in [1.165, 1.54) is 0 Å². The normalized spacial score (nSPS) is 15.2. The third-order valence-corrected chi connectivity index (χ3v) is 18.2. The average Bonchev–Trinajstić information content (AvgIpc) is 2.10. The molecule has 0 aromatic heterocycles. The first-order chi connectivity index (χ1) is 5.51. The molecule has 0 spiro atoms. The van der Waals surface area contributed by atoms with Gasteiger partial charge < -0.3 is 0 Å². The molecule has 0 rings (SSSR count). The summed E-state index contributed by atoms with van der Waals surface area (Å²) in [6.07, 6.45) is 0. The van der Waals surface area contributed by atoms with Crippen molar-refractivity contribution in [3.63, 3.8) is 0 Å². The molecule has 2 N–H and O–H groups in total. The standard InChI is InChI=1S/4C2H5.CH2NO.Ti/c4*1-2;2-1-3;/h4*1H2,2H3;(H2,2,3);. The van der Waals surface area contributed by atoms with Crippen molar-refractivity contribution in [2.45, 2.75) is 46.6 Å². The molecule has 2 nitrogen and oxygen atoms in total. The Balaban J connectivity index is 5.12. The zero-order valence-electron chi connectivity index (χ0n) is 8.81. The molecule has 73 valence electrons. The molecule has 0 aliphatic heterocycles. The van der Waals surface area contributed by atoms with Gasteiger partial charge in [-0.2, -0.15) is 0 Å². The number of rotatable bonds is 5.